The molecule has 0 N–H and O–H groups in total. The molecule has 1 aliphatic heterocycles. The van der Waals surface area contributed by atoms with Crippen LogP contribution in [0.3, 0.4) is 0 Å². The number of carbonyl (C=O) groups is 2. The third kappa shape index (κ3) is 2.95. The zero-order valence-corrected chi connectivity index (χ0v) is 15.0. The molecule has 3 rings (SSSR count). The molecule has 128 valence electrons. The number of imide groups is 1. The molecule has 4 nitrogen and oxygen atoms in total. The SMILES string of the molecule is Cc1ccc(C2=C(N(C)c3ccccc3)C(=O)N(C(C)C)C2=O)cc1. The Kier molecular flexibility index (Phi) is 4.45. The molecule has 1 aliphatic rings. The molecule has 2 aromatic rings. The van der Waals surface area contributed by atoms with Crippen LogP contribution in [0.2, 0.25) is 0 Å². The van der Waals surface area contributed by atoms with Crippen molar-refractivity contribution in [3.8, 4) is 0 Å². The number of anilines is 1. The third-order valence-electron chi connectivity index (χ3n) is 4.43. The molecule has 0 radical (unpaired) electrons. The topological polar surface area (TPSA) is 40.6 Å². The van der Waals surface area contributed by atoms with Gasteiger partial charge in [-0.2, -0.15) is 0 Å². The van der Waals surface area contributed by atoms with Gasteiger partial charge in [-0.05, 0) is 38.5 Å². The van der Waals surface area contributed by atoms with E-state index in [0.29, 0.717) is 11.3 Å². The molecule has 0 unspecified atom stereocenters. The summed E-state index contributed by atoms with van der Waals surface area (Å²) in [5.74, 6) is -0.483. The number of para-hydroxylation sites is 1. The maximum atomic E-state index is 13.0. The van der Waals surface area contributed by atoms with Crippen LogP contribution in [0.5, 0.6) is 0 Å². The Hall–Kier alpha value is -2.88. The van der Waals surface area contributed by atoms with E-state index in [4.69, 9.17) is 0 Å². The van der Waals surface area contributed by atoms with Crippen LogP contribution in [0.25, 0.3) is 5.57 Å². The highest BCUT2D eigenvalue weighted by Crippen LogP contribution is 2.34. The fourth-order valence-corrected chi connectivity index (χ4v) is 3.08. The highest BCUT2D eigenvalue weighted by Gasteiger charge is 2.42. The summed E-state index contributed by atoms with van der Waals surface area (Å²) < 4.78 is 0. The van der Waals surface area contributed by atoms with Crippen molar-refractivity contribution in [3.05, 3.63) is 71.4 Å². The number of amides is 2. The Balaban J connectivity index is 2.17. The second-order valence-electron chi connectivity index (χ2n) is 6.56. The number of rotatable bonds is 4. The molecular formula is C21H22N2O2. The molecule has 2 amide bonds. The maximum absolute atomic E-state index is 13.0. The average molecular weight is 334 g/mol. The van der Waals surface area contributed by atoms with Gasteiger partial charge in [0.15, 0.2) is 0 Å². The number of carbonyl (C=O) groups excluding carboxylic acids is 2. The van der Waals surface area contributed by atoms with Gasteiger partial charge in [-0.15, -0.1) is 0 Å². The van der Waals surface area contributed by atoms with Crippen LogP contribution in [0, 0.1) is 6.92 Å². The van der Waals surface area contributed by atoms with E-state index in [1.54, 1.807) is 4.90 Å². The molecule has 0 saturated heterocycles. The highest BCUT2D eigenvalue weighted by atomic mass is 16.2. The summed E-state index contributed by atoms with van der Waals surface area (Å²) in [7, 11) is 1.83. The van der Waals surface area contributed by atoms with Crippen molar-refractivity contribution in [2.24, 2.45) is 0 Å². The molecule has 0 spiro atoms. The summed E-state index contributed by atoms with van der Waals surface area (Å²) in [6.45, 7) is 5.71. The second kappa shape index (κ2) is 6.55. The monoisotopic (exact) mass is 334 g/mol. The van der Waals surface area contributed by atoms with E-state index in [1.165, 1.54) is 4.90 Å². The molecule has 25 heavy (non-hydrogen) atoms. The van der Waals surface area contributed by atoms with Gasteiger partial charge >= 0.3 is 0 Å². The first-order valence-corrected chi connectivity index (χ1v) is 8.39. The molecule has 0 bridgehead atoms. The largest absolute Gasteiger partial charge is 0.339 e. The molecule has 0 aromatic heterocycles. The Morgan fingerprint density at radius 2 is 1.48 bits per heavy atom. The van der Waals surface area contributed by atoms with Crippen LogP contribution >= 0.6 is 0 Å². The summed E-state index contributed by atoms with van der Waals surface area (Å²) in [4.78, 5) is 29.2. The fourth-order valence-electron chi connectivity index (χ4n) is 3.08. The van der Waals surface area contributed by atoms with Gasteiger partial charge in [-0.25, -0.2) is 0 Å². The van der Waals surface area contributed by atoms with Crippen molar-refractivity contribution < 1.29 is 9.59 Å². The molecule has 0 saturated carbocycles. The van der Waals surface area contributed by atoms with Crippen LogP contribution in [0.4, 0.5) is 5.69 Å². The number of aryl methyl sites for hydroxylation is 1. The van der Waals surface area contributed by atoms with Crippen molar-refractivity contribution in [1.82, 2.24) is 4.90 Å². The number of hydrogen-bond acceptors (Lipinski definition) is 3. The standard InChI is InChI=1S/C21H22N2O2/c1-14(2)23-20(24)18(16-12-10-15(3)11-13-16)19(21(23)25)22(4)17-8-6-5-7-9-17/h5-14H,1-4H3. The van der Waals surface area contributed by atoms with Crippen LogP contribution in [-0.2, 0) is 9.59 Å². The number of likely N-dealkylation sites (N-methyl/N-ethyl adjacent to an activating group) is 1. The number of nitrogens with zero attached hydrogens (tertiary/aromatic N) is 2. The molecule has 0 aliphatic carbocycles. The first-order valence-electron chi connectivity index (χ1n) is 8.39. The van der Waals surface area contributed by atoms with Crippen molar-refractivity contribution in [2.75, 3.05) is 11.9 Å². The van der Waals surface area contributed by atoms with Crippen molar-refractivity contribution in [2.45, 2.75) is 26.8 Å². The van der Waals surface area contributed by atoms with Gasteiger partial charge in [0, 0.05) is 18.8 Å². The molecule has 4 heteroatoms. The highest BCUT2D eigenvalue weighted by molar-refractivity contribution is 6.36. The zero-order valence-electron chi connectivity index (χ0n) is 15.0. The summed E-state index contributed by atoms with van der Waals surface area (Å²) in [6.07, 6.45) is 0. The Morgan fingerprint density at radius 3 is 2.04 bits per heavy atom. The normalized spacial score (nSPS) is 14.7. The van der Waals surface area contributed by atoms with Gasteiger partial charge in [0.05, 0.1) is 5.57 Å². The van der Waals surface area contributed by atoms with E-state index >= 15 is 0 Å². The number of hydrogen-bond donors (Lipinski definition) is 0. The Labute approximate surface area is 148 Å². The van der Waals surface area contributed by atoms with Gasteiger partial charge in [-0.3, -0.25) is 14.5 Å². The summed E-state index contributed by atoms with van der Waals surface area (Å²) in [5.41, 5.74) is 3.64. The lowest BCUT2D eigenvalue weighted by molar-refractivity contribution is -0.138. The van der Waals surface area contributed by atoms with E-state index in [1.807, 2.05) is 82.4 Å². The third-order valence-corrected chi connectivity index (χ3v) is 4.43. The predicted octanol–water partition coefficient (Wildman–Crippen LogP) is 3.62. The van der Waals surface area contributed by atoms with Crippen molar-refractivity contribution in [3.63, 3.8) is 0 Å². The molecule has 2 aromatic carbocycles. The summed E-state index contributed by atoms with van der Waals surface area (Å²) in [6, 6.07) is 17.1. The van der Waals surface area contributed by atoms with Crippen LogP contribution in [0.15, 0.2) is 60.3 Å². The molecular weight excluding hydrogens is 312 g/mol. The van der Waals surface area contributed by atoms with Gasteiger partial charge in [-0.1, -0.05) is 48.0 Å². The number of benzene rings is 2. The second-order valence-corrected chi connectivity index (χ2v) is 6.56. The Morgan fingerprint density at radius 1 is 0.880 bits per heavy atom. The summed E-state index contributed by atoms with van der Waals surface area (Å²) in [5, 5.41) is 0. The molecule has 0 atom stereocenters. The lowest BCUT2D eigenvalue weighted by atomic mass is 10.0. The van der Waals surface area contributed by atoms with E-state index in [2.05, 4.69) is 0 Å². The van der Waals surface area contributed by atoms with E-state index < -0.39 is 0 Å². The van der Waals surface area contributed by atoms with Crippen molar-refractivity contribution >= 4 is 23.1 Å². The minimum Gasteiger partial charge on any atom is -0.339 e. The summed E-state index contributed by atoms with van der Waals surface area (Å²) >= 11 is 0. The first kappa shape index (κ1) is 17.0. The quantitative estimate of drug-likeness (QED) is 0.802. The molecule has 0 fully saturated rings. The van der Waals surface area contributed by atoms with Crippen LogP contribution < -0.4 is 4.90 Å². The predicted molar refractivity (Wildman–Crippen MR) is 99.9 cm³/mol. The minimum atomic E-state index is -0.248. The minimum absolute atomic E-state index is 0.192. The lowest BCUT2D eigenvalue weighted by Crippen LogP contribution is -2.39. The Bertz CT molecular complexity index is 836. The molecule has 1 heterocycles. The van der Waals surface area contributed by atoms with Crippen molar-refractivity contribution in [1.29, 1.82) is 0 Å². The smallest absolute Gasteiger partial charge is 0.278 e. The average Bonchev–Trinajstić information content (AvgIpc) is 2.86. The first-order chi connectivity index (χ1) is 11.9. The van der Waals surface area contributed by atoms with Gasteiger partial charge in [0.25, 0.3) is 11.8 Å². The lowest BCUT2D eigenvalue weighted by Gasteiger charge is -2.23. The fraction of sp³-hybridized carbons (Fsp3) is 0.238. The zero-order chi connectivity index (χ0) is 18.1. The van der Waals surface area contributed by atoms with Crippen LogP contribution in [0.1, 0.15) is 25.0 Å². The van der Waals surface area contributed by atoms with E-state index in [-0.39, 0.29) is 17.9 Å². The van der Waals surface area contributed by atoms with Gasteiger partial charge in [0.1, 0.15) is 5.70 Å². The van der Waals surface area contributed by atoms with E-state index in [0.717, 1.165) is 16.8 Å². The van der Waals surface area contributed by atoms with Gasteiger partial charge in [0.2, 0.25) is 0 Å². The van der Waals surface area contributed by atoms with E-state index in [9.17, 15) is 9.59 Å². The van der Waals surface area contributed by atoms with Gasteiger partial charge < -0.3 is 4.90 Å². The maximum Gasteiger partial charge on any atom is 0.278 e. The van der Waals surface area contributed by atoms with Crippen LogP contribution in [-0.4, -0.2) is 29.8 Å².